The number of anilines is 1. The molecule has 5 nitrogen and oxygen atoms in total. The van der Waals surface area contributed by atoms with Gasteiger partial charge in [0.1, 0.15) is 12.1 Å². The number of likely N-dealkylation sites (N-methyl/N-ethyl adjacent to an activating group) is 1. The number of furan rings is 1. The summed E-state index contributed by atoms with van der Waals surface area (Å²) in [4.78, 5) is 26.8. The van der Waals surface area contributed by atoms with Gasteiger partial charge in [0, 0.05) is 22.0 Å². The second-order valence-electron chi connectivity index (χ2n) is 6.16. The summed E-state index contributed by atoms with van der Waals surface area (Å²) in [6, 6.07) is 10.5. The van der Waals surface area contributed by atoms with E-state index in [4.69, 9.17) is 27.6 Å². The number of aryl methyl sites for hydroxylation is 1. The molecule has 1 heterocycles. The highest BCUT2D eigenvalue weighted by Crippen LogP contribution is 2.30. The smallest absolute Gasteiger partial charge is 0.290 e. The summed E-state index contributed by atoms with van der Waals surface area (Å²) in [5.41, 5.74) is 1.67. The fourth-order valence-electron chi connectivity index (χ4n) is 2.84. The van der Waals surface area contributed by atoms with Crippen LogP contribution in [0.25, 0.3) is 11.0 Å². The molecule has 0 spiro atoms. The van der Waals surface area contributed by atoms with E-state index in [1.54, 1.807) is 31.2 Å². The van der Waals surface area contributed by atoms with Crippen molar-refractivity contribution in [2.45, 2.75) is 13.8 Å². The Kier molecular flexibility index (Phi) is 6.33. The summed E-state index contributed by atoms with van der Waals surface area (Å²) >= 11 is 15.6. The first-order valence-electron chi connectivity index (χ1n) is 8.53. The monoisotopic (exact) mass is 482 g/mol. The van der Waals surface area contributed by atoms with E-state index in [0.29, 0.717) is 27.9 Å². The lowest BCUT2D eigenvalue weighted by Crippen LogP contribution is -2.38. The van der Waals surface area contributed by atoms with Crippen LogP contribution in [0.1, 0.15) is 23.0 Å². The van der Waals surface area contributed by atoms with Gasteiger partial charge in [0.05, 0.1) is 15.7 Å². The third-order valence-electron chi connectivity index (χ3n) is 4.32. The Morgan fingerprint density at radius 2 is 1.86 bits per heavy atom. The van der Waals surface area contributed by atoms with Gasteiger partial charge in [-0.05, 0) is 44.2 Å². The summed E-state index contributed by atoms with van der Waals surface area (Å²) in [5.74, 6) is -0.534. The molecule has 0 atom stereocenters. The lowest BCUT2D eigenvalue weighted by molar-refractivity contribution is -0.116. The lowest BCUT2D eigenvalue weighted by atomic mass is 10.1. The molecule has 1 aromatic heterocycles. The Balaban J connectivity index is 1.80. The van der Waals surface area contributed by atoms with E-state index in [1.807, 2.05) is 19.1 Å². The van der Waals surface area contributed by atoms with Gasteiger partial charge in [0.15, 0.2) is 5.76 Å². The number of halogens is 3. The predicted octanol–water partition coefficient (Wildman–Crippen LogP) is 5.91. The maximum atomic E-state index is 13.0. The van der Waals surface area contributed by atoms with Crippen molar-refractivity contribution in [3.05, 3.63) is 62.2 Å². The molecule has 28 heavy (non-hydrogen) atoms. The quantitative estimate of drug-likeness (QED) is 0.490. The molecule has 0 fully saturated rings. The van der Waals surface area contributed by atoms with Crippen molar-refractivity contribution in [2.75, 3.05) is 18.4 Å². The topological polar surface area (TPSA) is 62.6 Å². The van der Waals surface area contributed by atoms with Crippen LogP contribution in [-0.4, -0.2) is 29.8 Å². The minimum atomic E-state index is -0.401. The van der Waals surface area contributed by atoms with Gasteiger partial charge < -0.3 is 14.6 Å². The molecule has 0 aliphatic heterocycles. The van der Waals surface area contributed by atoms with Crippen molar-refractivity contribution >= 4 is 67.6 Å². The molecule has 0 saturated heterocycles. The first kappa shape index (κ1) is 20.7. The van der Waals surface area contributed by atoms with E-state index < -0.39 is 5.91 Å². The molecule has 146 valence electrons. The highest BCUT2D eigenvalue weighted by molar-refractivity contribution is 9.10. The third kappa shape index (κ3) is 4.19. The molecular weight excluding hydrogens is 467 g/mol. The van der Waals surface area contributed by atoms with Crippen LogP contribution in [0.15, 0.2) is 45.3 Å². The highest BCUT2D eigenvalue weighted by atomic mass is 79.9. The number of carbonyl (C=O) groups is 2. The maximum Gasteiger partial charge on any atom is 0.290 e. The number of benzene rings is 2. The number of nitrogens with zero attached hydrogens (tertiary/aromatic N) is 1. The second-order valence-corrected chi connectivity index (χ2v) is 7.89. The van der Waals surface area contributed by atoms with E-state index >= 15 is 0 Å². The molecule has 0 saturated carbocycles. The van der Waals surface area contributed by atoms with E-state index in [0.717, 1.165) is 15.4 Å². The summed E-state index contributed by atoms with van der Waals surface area (Å²) in [6.07, 6.45) is 0. The molecule has 2 amide bonds. The van der Waals surface area contributed by atoms with Crippen LogP contribution in [0.5, 0.6) is 0 Å². The number of carbonyl (C=O) groups excluding carboxylic acids is 2. The first-order valence-corrected chi connectivity index (χ1v) is 10.1. The summed E-state index contributed by atoms with van der Waals surface area (Å²) < 4.78 is 6.65. The van der Waals surface area contributed by atoms with Gasteiger partial charge in [-0.15, -0.1) is 0 Å². The number of amides is 2. The molecule has 0 aliphatic rings. The van der Waals surface area contributed by atoms with Gasteiger partial charge in [-0.1, -0.05) is 45.2 Å². The van der Waals surface area contributed by atoms with Crippen molar-refractivity contribution < 1.29 is 14.0 Å². The number of rotatable bonds is 5. The van der Waals surface area contributed by atoms with Crippen molar-refractivity contribution in [3.63, 3.8) is 0 Å². The van der Waals surface area contributed by atoms with Crippen LogP contribution in [0.2, 0.25) is 10.0 Å². The minimum Gasteiger partial charge on any atom is -0.451 e. The zero-order valence-corrected chi connectivity index (χ0v) is 18.3. The predicted molar refractivity (Wildman–Crippen MR) is 115 cm³/mol. The Morgan fingerprint density at radius 3 is 2.50 bits per heavy atom. The van der Waals surface area contributed by atoms with Gasteiger partial charge in [-0.25, -0.2) is 0 Å². The molecular formula is C20H17BrCl2N2O3. The van der Waals surface area contributed by atoms with E-state index in [-0.39, 0.29) is 18.2 Å². The fraction of sp³-hybridized carbons (Fsp3) is 0.200. The fourth-order valence-corrected chi connectivity index (χ4v) is 3.69. The van der Waals surface area contributed by atoms with Crippen molar-refractivity contribution in [1.82, 2.24) is 4.90 Å². The van der Waals surface area contributed by atoms with Crippen LogP contribution >= 0.6 is 39.1 Å². The number of hydrogen-bond acceptors (Lipinski definition) is 3. The number of para-hydroxylation sites is 1. The molecule has 3 rings (SSSR count). The van der Waals surface area contributed by atoms with E-state index in [1.165, 1.54) is 4.90 Å². The first-order chi connectivity index (χ1) is 13.3. The van der Waals surface area contributed by atoms with Crippen molar-refractivity contribution in [2.24, 2.45) is 0 Å². The Morgan fingerprint density at radius 1 is 1.18 bits per heavy atom. The van der Waals surface area contributed by atoms with Gasteiger partial charge in [-0.2, -0.15) is 0 Å². The molecule has 0 radical (unpaired) electrons. The van der Waals surface area contributed by atoms with Crippen molar-refractivity contribution in [3.8, 4) is 0 Å². The third-order valence-corrected chi connectivity index (χ3v) is 5.45. The Bertz CT molecular complexity index is 1040. The van der Waals surface area contributed by atoms with Crippen LogP contribution in [0, 0.1) is 6.92 Å². The van der Waals surface area contributed by atoms with E-state index in [2.05, 4.69) is 21.2 Å². The zero-order valence-electron chi connectivity index (χ0n) is 15.2. The standard InChI is InChI=1S/C20H17BrCl2N2O3/c1-3-25(10-17(26)24-18-14(22)5-4-6-15(18)23)20(27)19-11(2)13-9-12(21)7-8-16(13)28-19/h4-9H,3,10H2,1-2H3,(H,24,26). The Hall–Kier alpha value is -2.02. The van der Waals surface area contributed by atoms with Crippen LogP contribution in [0.4, 0.5) is 5.69 Å². The summed E-state index contributed by atoms with van der Waals surface area (Å²) in [7, 11) is 0. The largest absolute Gasteiger partial charge is 0.451 e. The highest BCUT2D eigenvalue weighted by Gasteiger charge is 2.24. The average molecular weight is 484 g/mol. The van der Waals surface area contributed by atoms with Crippen LogP contribution in [0.3, 0.4) is 0 Å². The van der Waals surface area contributed by atoms with E-state index in [9.17, 15) is 9.59 Å². The molecule has 2 aromatic carbocycles. The molecule has 0 aliphatic carbocycles. The van der Waals surface area contributed by atoms with Gasteiger partial charge >= 0.3 is 0 Å². The van der Waals surface area contributed by atoms with Gasteiger partial charge in [-0.3, -0.25) is 9.59 Å². The normalized spacial score (nSPS) is 10.9. The summed E-state index contributed by atoms with van der Waals surface area (Å²) in [5, 5.41) is 4.17. The molecule has 0 bridgehead atoms. The SMILES string of the molecule is CCN(CC(=O)Nc1c(Cl)cccc1Cl)C(=O)c1oc2ccc(Br)cc2c1C. The number of nitrogens with one attached hydrogen (secondary N) is 1. The molecule has 1 N–H and O–H groups in total. The number of hydrogen-bond donors (Lipinski definition) is 1. The van der Waals surface area contributed by atoms with Gasteiger partial charge in [0.25, 0.3) is 5.91 Å². The van der Waals surface area contributed by atoms with Crippen LogP contribution < -0.4 is 5.32 Å². The molecule has 3 aromatic rings. The second kappa shape index (κ2) is 8.55. The maximum absolute atomic E-state index is 13.0. The van der Waals surface area contributed by atoms with Crippen LogP contribution in [-0.2, 0) is 4.79 Å². The zero-order chi connectivity index (χ0) is 20.4. The molecule has 8 heteroatoms. The minimum absolute atomic E-state index is 0.156. The molecule has 0 unspecified atom stereocenters. The summed E-state index contributed by atoms with van der Waals surface area (Å²) in [6.45, 7) is 3.80. The van der Waals surface area contributed by atoms with Crippen molar-refractivity contribution in [1.29, 1.82) is 0 Å². The Labute approximate surface area is 180 Å². The number of fused-ring (bicyclic) bond motifs is 1. The van der Waals surface area contributed by atoms with Gasteiger partial charge in [0.2, 0.25) is 5.91 Å². The lowest BCUT2D eigenvalue weighted by Gasteiger charge is -2.20. The average Bonchev–Trinajstić information content (AvgIpc) is 2.98.